The van der Waals surface area contributed by atoms with Crippen LogP contribution in [-0.4, -0.2) is 23.1 Å². The molecule has 0 fully saturated rings. The molecule has 0 radical (unpaired) electrons. The number of halogens is 1. The second-order valence-electron chi connectivity index (χ2n) is 0.905. The summed E-state index contributed by atoms with van der Waals surface area (Å²) in [6, 6.07) is 0. The predicted molar refractivity (Wildman–Crippen MR) is 27.7 cm³/mol. The van der Waals surface area contributed by atoms with Crippen LogP contribution in [0.4, 0.5) is 0 Å². The van der Waals surface area contributed by atoms with Crippen molar-refractivity contribution in [1.29, 1.82) is 0 Å². The molecule has 0 bridgehead atoms. The van der Waals surface area contributed by atoms with Crippen LogP contribution in [0.2, 0.25) is 0 Å². The van der Waals surface area contributed by atoms with Crippen LogP contribution in [0.25, 0.3) is 0 Å². The van der Waals surface area contributed by atoms with Gasteiger partial charge in [-0.1, -0.05) is 0 Å². The topological polar surface area (TPSA) is 0 Å². The van der Waals surface area contributed by atoms with Gasteiger partial charge in [0.05, 0.1) is 0 Å². The first-order chi connectivity index (χ1) is 2.27. The molecule has 34 valence electrons. The fourth-order valence-corrected chi connectivity index (χ4v) is 0. The van der Waals surface area contributed by atoms with E-state index in [4.69, 9.17) is 6.42 Å². The maximum atomic E-state index is 6.31. The Morgan fingerprint density at radius 3 is 1.86 bits per heavy atom. The average molecular weight is 169 g/mol. The zero-order valence-corrected chi connectivity index (χ0v) is 7.29. The third kappa shape index (κ3) is 20.9. The fraction of sp³-hybridized carbons (Fsp3) is 0.200. The van der Waals surface area contributed by atoms with Crippen LogP contribution in [0.1, 0.15) is 6.92 Å². The van der Waals surface area contributed by atoms with E-state index in [9.17, 15) is 0 Å². The van der Waals surface area contributed by atoms with E-state index in [1.165, 1.54) is 0 Å². The van der Waals surface area contributed by atoms with Crippen molar-refractivity contribution in [3.63, 3.8) is 0 Å². The monoisotopic (exact) mass is 168 g/mol. The van der Waals surface area contributed by atoms with Crippen molar-refractivity contribution < 1.29 is 17.0 Å². The van der Waals surface area contributed by atoms with Gasteiger partial charge in [-0.05, 0) is 0 Å². The Balaban J connectivity index is -0.0000000800. The van der Waals surface area contributed by atoms with Gasteiger partial charge in [0.15, 0.2) is 0 Å². The van der Waals surface area contributed by atoms with Crippen molar-refractivity contribution in [2.75, 3.05) is 0 Å². The zero-order valence-electron chi connectivity index (χ0n) is 4.29. The van der Waals surface area contributed by atoms with Gasteiger partial charge in [-0.25, -0.2) is 0 Å². The second kappa shape index (κ2) is 9.74. The summed E-state index contributed by atoms with van der Waals surface area (Å²) in [4.78, 5) is 0. The summed E-state index contributed by atoms with van der Waals surface area (Å²) >= 11 is 0. The minimum atomic E-state index is 0. The zero-order chi connectivity index (χ0) is 4.28. The molecule has 0 aliphatic rings. The minimum Gasteiger partial charge on any atom is -1.00 e. The molecule has 0 spiro atoms. The Morgan fingerprint density at radius 1 is 1.71 bits per heavy atom. The Hall–Kier alpha value is 0.546. The molecule has 0 atom stereocenters. The molecule has 0 unspecified atom stereocenters. The van der Waals surface area contributed by atoms with Gasteiger partial charge in [0.25, 0.3) is 0 Å². The first kappa shape index (κ1) is 15.6. The van der Waals surface area contributed by atoms with Crippen LogP contribution in [0, 0.1) is 12.3 Å². The van der Waals surface area contributed by atoms with E-state index in [0.717, 1.165) is 0 Å². The van der Waals surface area contributed by atoms with Crippen molar-refractivity contribution in [2.24, 2.45) is 0 Å². The summed E-state index contributed by atoms with van der Waals surface area (Å²) in [5.41, 5.74) is 0.671. The van der Waals surface area contributed by atoms with Gasteiger partial charge in [-0.2, -0.15) is 12.2 Å². The smallest absolute Gasteiger partial charge is 1.00 e. The molecule has 0 amide bonds. The standard InChI is InChI=1S/C5H5.BrH.Mg/c1-4-5(2)3;;/h2H2,3H3;1H;/q-1;;+2/p-1. The summed E-state index contributed by atoms with van der Waals surface area (Å²) in [6.45, 7) is 5.10. The van der Waals surface area contributed by atoms with Gasteiger partial charge in [-0.3, -0.25) is 5.92 Å². The summed E-state index contributed by atoms with van der Waals surface area (Å²) in [5, 5.41) is 0. The molecular formula is C5H5BrMg. The van der Waals surface area contributed by atoms with E-state index in [0.29, 0.717) is 5.57 Å². The van der Waals surface area contributed by atoms with E-state index in [1.807, 2.05) is 0 Å². The molecule has 0 aromatic heterocycles. The average Bonchev–Trinajstić information content (AvgIpc) is 1.38. The van der Waals surface area contributed by atoms with E-state index >= 15 is 0 Å². The van der Waals surface area contributed by atoms with Crippen LogP contribution >= 0.6 is 0 Å². The molecule has 0 aliphatic heterocycles. The largest absolute Gasteiger partial charge is 2.00 e. The molecule has 0 rings (SSSR count). The molecule has 0 heterocycles. The molecule has 0 saturated heterocycles. The Bertz CT molecular complexity index is 80.6. The summed E-state index contributed by atoms with van der Waals surface area (Å²) in [5.74, 6) is 2.08. The van der Waals surface area contributed by atoms with Gasteiger partial charge in [0.2, 0.25) is 0 Å². The van der Waals surface area contributed by atoms with Crippen LogP contribution < -0.4 is 17.0 Å². The van der Waals surface area contributed by atoms with E-state index < -0.39 is 0 Å². The predicted octanol–water partition coefficient (Wildman–Crippen LogP) is -2.22. The first-order valence-electron chi connectivity index (χ1n) is 1.35. The maximum absolute atomic E-state index is 6.31. The van der Waals surface area contributed by atoms with Crippen molar-refractivity contribution in [3.05, 3.63) is 18.6 Å². The molecular weight excluding hydrogens is 164 g/mol. The van der Waals surface area contributed by atoms with E-state index in [1.54, 1.807) is 6.92 Å². The number of hydrogen-bond donors (Lipinski definition) is 0. The maximum Gasteiger partial charge on any atom is 2.00 e. The van der Waals surface area contributed by atoms with Gasteiger partial charge >= 0.3 is 23.1 Å². The summed E-state index contributed by atoms with van der Waals surface area (Å²) in [7, 11) is 0. The second-order valence-corrected chi connectivity index (χ2v) is 0.905. The normalized spacial score (nSPS) is 4.00. The molecule has 2 heteroatoms. The van der Waals surface area contributed by atoms with Crippen molar-refractivity contribution in [2.45, 2.75) is 6.92 Å². The Kier molecular flexibility index (Phi) is 21.8. The van der Waals surface area contributed by atoms with Crippen LogP contribution in [0.3, 0.4) is 0 Å². The number of allylic oxidation sites excluding steroid dienone is 1. The van der Waals surface area contributed by atoms with Crippen LogP contribution in [0.15, 0.2) is 12.2 Å². The minimum absolute atomic E-state index is 0. The quantitative estimate of drug-likeness (QED) is 0.219. The SMILES string of the molecule is [Br-].[C-]#CC(=C)C.[Mg+2]. The van der Waals surface area contributed by atoms with Crippen molar-refractivity contribution >= 4 is 23.1 Å². The number of hydrogen-bond acceptors (Lipinski definition) is 0. The van der Waals surface area contributed by atoms with Crippen LogP contribution in [0.5, 0.6) is 0 Å². The third-order valence-corrected chi connectivity index (χ3v) is 0.213. The molecule has 0 aliphatic carbocycles. The Morgan fingerprint density at radius 2 is 1.86 bits per heavy atom. The third-order valence-electron chi connectivity index (χ3n) is 0.213. The van der Waals surface area contributed by atoms with E-state index in [-0.39, 0.29) is 40.0 Å². The summed E-state index contributed by atoms with van der Waals surface area (Å²) in [6.07, 6.45) is 6.31. The first-order valence-corrected chi connectivity index (χ1v) is 1.35. The molecule has 0 nitrogen and oxygen atoms in total. The van der Waals surface area contributed by atoms with Gasteiger partial charge < -0.3 is 23.4 Å². The Labute approximate surface area is 71.3 Å². The van der Waals surface area contributed by atoms with Crippen molar-refractivity contribution in [1.82, 2.24) is 0 Å². The molecule has 0 aromatic carbocycles. The summed E-state index contributed by atoms with van der Waals surface area (Å²) < 4.78 is 0. The van der Waals surface area contributed by atoms with E-state index in [2.05, 4.69) is 12.5 Å². The van der Waals surface area contributed by atoms with Gasteiger partial charge in [0, 0.05) is 0 Å². The fourth-order valence-electron chi connectivity index (χ4n) is 0. The molecule has 0 N–H and O–H groups in total. The molecule has 0 aromatic rings. The number of rotatable bonds is 0. The molecule has 0 saturated carbocycles. The van der Waals surface area contributed by atoms with Gasteiger partial charge in [0.1, 0.15) is 0 Å². The van der Waals surface area contributed by atoms with Crippen LogP contribution in [-0.2, 0) is 0 Å². The molecule has 7 heavy (non-hydrogen) atoms. The van der Waals surface area contributed by atoms with Gasteiger partial charge in [-0.15, -0.1) is 6.92 Å². The van der Waals surface area contributed by atoms with Crippen molar-refractivity contribution in [3.8, 4) is 5.92 Å².